The second-order valence-corrected chi connectivity index (χ2v) is 16.7. The smallest absolute Gasteiger partial charge is 0.250 e. The standard InChI is InChI=1S/C50H48N8O6/c59-47(35-21-22-35)55-43(33-13-5-3-6-14-33)49(61)57-27-11-19-41(57)45-51-29-37(53-45)17-9-1-2-10-18-39-31-64-40(32-63-39)26-25-38-30-52-46(54-38)42-20-12-28-58(42)50(62)44(34-15-7-4-8-16-34)56-48(60)36-23-24-36/h3-8,13-16,29-30,35-36,39-44H,11-12,19-24,27-28,31-32H2,(H,51,53)(H,52,54)(H,55,59)(H,56,60)/t39?,40?,41-,42-,43+,44+/m0/s1. The maximum absolute atomic E-state index is 13.9. The van der Waals surface area contributed by atoms with E-state index in [0.717, 1.165) is 62.5 Å². The number of H-pyrrole nitrogens is 2. The fourth-order valence-electron chi connectivity index (χ4n) is 8.28. The van der Waals surface area contributed by atoms with Gasteiger partial charge in [0.1, 0.15) is 47.3 Å². The molecule has 14 nitrogen and oxygen atoms in total. The van der Waals surface area contributed by atoms with Crippen LogP contribution < -0.4 is 10.6 Å². The van der Waals surface area contributed by atoms with Gasteiger partial charge < -0.3 is 39.9 Å². The van der Waals surface area contributed by atoms with Crippen molar-refractivity contribution in [2.45, 2.75) is 87.7 Å². The van der Waals surface area contributed by atoms with Gasteiger partial charge in [-0.15, -0.1) is 0 Å². The first-order valence-electron chi connectivity index (χ1n) is 22.1. The van der Waals surface area contributed by atoms with Crippen molar-refractivity contribution in [1.29, 1.82) is 0 Å². The maximum atomic E-state index is 13.9. The van der Waals surface area contributed by atoms with E-state index in [4.69, 9.17) is 9.47 Å². The third-order valence-electron chi connectivity index (χ3n) is 12.0. The van der Waals surface area contributed by atoms with Crippen molar-refractivity contribution in [2.24, 2.45) is 11.8 Å². The molecule has 4 N–H and O–H groups in total. The molecule has 2 aromatic carbocycles. The highest BCUT2D eigenvalue weighted by Crippen LogP contribution is 2.36. The van der Waals surface area contributed by atoms with Crippen LogP contribution in [0.1, 0.15) is 110 Å². The second-order valence-electron chi connectivity index (χ2n) is 16.7. The van der Waals surface area contributed by atoms with Crippen LogP contribution in [0.3, 0.4) is 0 Å². The molecule has 2 aliphatic carbocycles. The van der Waals surface area contributed by atoms with Crippen molar-refractivity contribution in [3.63, 3.8) is 0 Å². The van der Waals surface area contributed by atoms with Crippen molar-refractivity contribution in [2.75, 3.05) is 26.3 Å². The molecule has 6 atom stereocenters. The summed E-state index contributed by atoms with van der Waals surface area (Å²) in [6.45, 7) is 1.60. The summed E-state index contributed by atoms with van der Waals surface area (Å²) in [5, 5.41) is 6.01. The lowest BCUT2D eigenvalue weighted by atomic mass is 10.0. The molecule has 0 radical (unpaired) electrons. The normalized spacial score (nSPS) is 22.2. The minimum absolute atomic E-state index is 0.0144. The quantitative estimate of drug-likeness (QED) is 0.172. The van der Waals surface area contributed by atoms with Gasteiger partial charge in [0, 0.05) is 24.9 Å². The minimum Gasteiger partial charge on any atom is -0.359 e. The van der Waals surface area contributed by atoms with E-state index in [9.17, 15) is 19.2 Å². The lowest BCUT2D eigenvalue weighted by Gasteiger charge is -2.28. The van der Waals surface area contributed by atoms with E-state index in [1.807, 2.05) is 65.6 Å². The van der Waals surface area contributed by atoms with Gasteiger partial charge in [-0.1, -0.05) is 72.5 Å². The largest absolute Gasteiger partial charge is 0.359 e. The number of nitrogens with zero attached hydrogens (tertiary/aromatic N) is 4. The minimum atomic E-state index is -0.756. The summed E-state index contributed by atoms with van der Waals surface area (Å²) >= 11 is 0. The van der Waals surface area contributed by atoms with Gasteiger partial charge in [0.05, 0.1) is 37.7 Å². The van der Waals surface area contributed by atoms with Gasteiger partial charge in [-0.25, -0.2) is 9.97 Å². The third-order valence-corrected chi connectivity index (χ3v) is 12.0. The van der Waals surface area contributed by atoms with E-state index < -0.39 is 24.3 Å². The number of aromatic amines is 2. The number of likely N-dealkylation sites (tertiary alicyclic amines) is 2. The van der Waals surface area contributed by atoms with Gasteiger partial charge in [0.25, 0.3) is 0 Å². The molecule has 2 aromatic heterocycles. The Morgan fingerprint density at radius 3 is 1.55 bits per heavy atom. The summed E-state index contributed by atoms with van der Waals surface area (Å²) in [6, 6.07) is 16.7. The predicted molar refractivity (Wildman–Crippen MR) is 233 cm³/mol. The molecule has 2 saturated carbocycles. The second kappa shape index (κ2) is 19.5. The van der Waals surface area contributed by atoms with Crippen LogP contribution >= 0.6 is 0 Å². The van der Waals surface area contributed by atoms with Crippen molar-refractivity contribution in [3.05, 3.63) is 107 Å². The van der Waals surface area contributed by atoms with Crippen LogP contribution in [0.15, 0.2) is 73.1 Å². The van der Waals surface area contributed by atoms with Gasteiger partial charge in [-0.3, -0.25) is 19.2 Å². The zero-order chi connectivity index (χ0) is 43.8. The molecule has 0 bridgehead atoms. The fourth-order valence-corrected chi connectivity index (χ4v) is 8.28. The van der Waals surface area contributed by atoms with Crippen LogP contribution in [0.5, 0.6) is 0 Å². The molecule has 3 aliphatic heterocycles. The van der Waals surface area contributed by atoms with Gasteiger partial charge in [-0.05, 0) is 98.0 Å². The van der Waals surface area contributed by atoms with E-state index >= 15 is 0 Å². The number of carbonyl (C=O) groups excluding carboxylic acids is 4. The lowest BCUT2D eigenvalue weighted by Crippen LogP contribution is -2.43. The molecule has 64 heavy (non-hydrogen) atoms. The monoisotopic (exact) mass is 856 g/mol. The topological polar surface area (TPSA) is 175 Å². The Kier molecular flexibility index (Phi) is 12.9. The van der Waals surface area contributed by atoms with Crippen LogP contribution in [0.2, 0.25) is 0 Å². The molecule has 2 unspecified atom stereocenters. The van der Waals surface area contributed by atoms with Gasteiger partial charge in [-0.2, -0.15) is 0 Å². The first-order valence-corrected chi connectivity index (χ1v) is 22.1. The van der Waals surface area contributed by atoms with Crippen LogP contribution in [0.4, 0.5) is 0 Å². The number of benzene rings is 2. The maximum Gasteiger partial charge on any atom is 0.250 e. The number of amides is 4. The van der Waals surface area contributed by atoms with Gasteiger partial charge >= 0.3 is 0 Å². The molecular formula is C50H48N8O6. The van der Waals surface area contributed by atoms with Crippen LogP contribution in [-0.4, -0.2) is 91.9 Å². The fraction of sp³-hybridized carbons (Fsp3) is 0.400. The summed E-state index contributed by atoms with van der Waals surface area (Å²) in [5.74, 6) is 24.0. The average molecular weight is 857 g/mol. The van der Waals surface area contributed by atoms with E-state index in [-0.39, 0.29) is 60.8 Å². The predicted octanol–water partition coefficient (Wildman–Crippen LogP) is 4.19. The van der Waals surface area contributed by atoms with E-state index in [2.05, 4.69) is 77.9 Å². The zero-order valence-electron chi connectivity index (χ0n) is 35.3. The molecule has 0 spiro atoms. The highest BCUT2D eigenvalue weighted by atomic mass is 16.6. The summed E-state index contributed by atoms with van der Waals surface area (Å²) in [4.78, 5) is 72.6. The van der Waals surface area contributed by atoms with E-state index in [1.54, 1.807) is 17.3 Å². The van der Waals surface area contributed by atoms with Crippen molar-refractivity contribution in [1.82, 2.24) is 40.4 Å². The Morgan fingerprint density at radius 2 is 1.06 bits per heavy atom. The summed E-state index contributed by atoms with van der Waals surface area (Å²) < 4.78 is 11.8. The molecule has 324 valence electrons. The van der Waals surface area contributed by atoms with Crippen molar-refractivity contribution < 1.29 is 28.7 Å². The van der Waals surface area contributed by atoms with Gasteiger partial charge in [0.2, 0.25) is 23.6 Å². The average Bonchev–Trinajstić information content (AvgIpc) is 4.11. The third kappa shape index (κ3) is 10.2. The number of imidazole rings is 2. The van der Waals surface area contributed by atoms with Crippen LogP contribution in [0, 0.1) is 59.2 Å². The number of aromatic nitrogens is 4. The summed E-state index contributed by atoms with van der Waals surface area (Å²) in [7, 11) is 0. The van der Waals surface area contributed by atoms with E-state index in [0.29, 0.717) is 36.1 Å². The Labute approximate surface area is 372 Å². The summed E-state index contributed by atoms with van der Waals surface area (Å²) in [6.07, 6.45) is 8.93. The zero-order valence-corrected chi connectivity index (χ0v) is 35.3. The number of hydrogen-bond donors (Lipinski definition) is 4. The Balaban J connectivity index is 0.749. The Bertz CT molecular complexity index is 2620. The first kappa shape index (κ1) is 42.2. The molecule has 14 heteroatoms. The molecule has 4 aromatic rings. The Hall–Kier alpha value is -7.10. The molecular weight excluding hydrogens is 809 g/mol. The number of carbonyl (C=O) groups is 4. The molecule has 4 amide bonds. The molecule has 5 fully saturated rings. The van der Waals surface area contributed by atoms with Crippen LogP contribution in [-0.2, 0) is 28.7 Å². The molecule has 5 aliphatic rings. The highest BCUT2D eigenvalue weighted by molar-refractivity contribution is 5.91. The number of rotatable bonds is 10. The summed E-state index contributed by atoms with van der Waals surface area (Å²) in [5.41, 5.74) is 2.68. The molecule has 3 saturated heterocycles. The van der Waals surface area contributed by atoms with Crippen molar-refractivity contribution >= 4 is 23.6 Å². The van der Waals surface area contributed by atoms with E-state index in [1.165, 1.54) is 0 Å². The number of nitrogens with one attached hydrogen (secondary N) is 4. The molecule has 5 heterocycles. The van der Waals surface area contributed by atoms with Gasteiger partial charge in [0.15, 0.2) is 0 Å². The lowest BCUT2D eigenvalue weighted by molar-refractivity contribution is -0.138. The Morgan fingerprint density at radius 1 is 0.594 bits per heavy atom. The SMILES string of the molecule is O=C(N[C@@H](C(=O)N1CCC[C@H]1c1ncc(C#CC#CC#CC2COC(C#Cc3cnc([C@@H]4CCCN4C(=O)[C@H](NC(=O)C4CC4)c4ccccc4)[nH]3)CO2)[nH]1)c1ccccc1)C1CC1. The van der Waals surface area contributed by atoms with Crippen molar-refractivity contribution in [3.8, 4) is 47.4 Å². The molecule has 9 rings (SSSR count). The highest BCUT2D eigenvalue weighted by Gasteiger charge is 2.40. The number of ether oxygens (including phenoxy) is 2. The first-order chi connectivity index (χ1) is 31.4. The van der Waals surface area contributed by atoms with Crippen LogP contribution in [0.25, 0.3) is 0 Å². The number of hydrogen-bond acceptors (Lipinski definition) is 8.